The summed E-state index contributed by atoms with van der Waals surface area (Å²) in [6.07, 6.45) is -4.71. The Morgan fingerprint density at radius 1 is 1.20 bits per heavy atom. The molecule has 84 valence electrons. The minimum atomic E-state index is -4.71. The highest BCUT2D eigenvalue weighted by atomic mass is 79.9. The summed E-state index contributed by atoms with van der Waals surface area (Å²) in [5, 5.41) is 9.42. The van der Waals surface area contributed by atoms with Crippen LogP contribution in [0, 0.1) is 0 Å². The Morgan fingerprint density at radius 2 is 1.73 bits per heavy atom. The molecule has 1 N–H and O–H groups in total. The van der Waals surface area contributed by atoms with Crippen LogP contribution in [0.4, 0.5) is 13.2 Å². The fourth-order valence-corrected chi connectivity index (χ4v) is 2.47. The first-order chi connectivity index (χ1) is 6.66. The second kappa shape index (κ2) is 4.07. The third kappa shape index (κ3) is 2.54. The van der Waals surface area contributed by atoms with Crippen LogP contribution in [0.5, 0.6) is 0 Å². The third-order valence-electron chi connectivity index (χ3n) is 2.01. The number of halogens is 5. The van der Waals surface area contributed by atoms with Crippen molar-refractivity contribution < 1.29 is 18.3 Å². The number of benzene rings is 1. The van der Waals surface area contributed by atoms with Gasteiger partial charge in [0, 0.05) is 14.5 Å². The molecule has 15 heavy (non-hydrogen) atoms. The molecule has 0 aliphatic rings. The Kier molecular flexibility index (Phi) is 3.52. The van der Waals surface area contributed by atoms with E-state index in [1.165, 1.54) is 18.2 Å². The Bertz CT molecular complexity index is 374. The molecule has 0 aliphatic carbocycles. The van der Waals surface area contributed by atoms with Crippen molar-refractivity contribution in [2.24, 2.45) is 0 Å². The van der Waals surface area contributed by atoms with Gasteiger partial charge in [-0.3, -0.25) is 0 Å². The summed E-state index contributed by atoms with van der Waals surface area (Å²) in [5.41, 5.74) is -3.06. The van der Waals surface area contributed by atoms with Gasteiger partial charge >= 0.3 is 6.18 Å². The highest BCUT2D eigenvalue weighted by Gasteiger charge is 2.51. The molecular weight excluding hydrogens is 341 g/mol. The molecule has 6 heteroatoms. The van der Waals surface area contributed by atoms with Crippen LogP contribution in [0.1, 0.15) is 12.5 Å². The molecule has 0 saturated carbocycles. The van der Waals surface area contributed by atoms with E-state index < -0.39 is 11.8 Å². The highest BCUT2D eigenvalue weighted by Crippen LogP contribution is 2.41. The van der Waals surface area contributed by atoms with Crippen molar-refractivity contribution in [3.05, 3.63) is 32.7 Å². The Hall–Kier alpha value is -0.0700. The van der Waals surface area contributed by atoms with Crippen molar-refractivity contribution in [3.63, 3.8) is 0 Å². The van der Waals surface area contributed by atoms with Gasteiger partial charge in [0.15, 0.2) is 5.60 Å². The molecule has 0 fully saturated rings. The van der Waals surface area contributed by atoms with Crippen LogP contribution in [0.25, 0.3) is 0 Å². The summed E-state index contributed by atoms with van der Waals surface area (Å²) < 4.78 is 38.4. The van der Waals surface area contributed by atoms with E-state index in [1.54, 1.807) is 0 Å². The van der Waals surface area contributed by atoms with E-state index in [0.29, 0.717) is 4.47 Å². The molecular formula is C9H7Br2F3O. The van der Waals surface area contributed by atoms with Gasteiger partial charge in [0.1, 0.15) is 0 Å². The molecule has 0 heterocycles. The molecule has 0 spiro atoms. The van der Waals surface area contributed by atoms with Crippen LogP contribution in [0.3, 0.4) is 0 Å². The van der Waals surface area contributed by atoms with Crippen LogP contribution in [0.15, 0.2) is 27.1 Å². The van der Waals surface area contributed by atoms with Gasteiger partial charge in [-0.15, -0.1) is 0 Å². The van der Waals surface area contributed by atoms with E-state index in [4.69, 9.17) is 0 Å². The predicted octanol–water partition coefficient (Wildman–Crippen LogP) is 3.98. The number of aliphatic hydroxyl groups is 1. The zero-order valence-electron chi connectivity index (χ0n) is 7.57. The molecule has 0 aliphatic heterocycles. The van der Waals surface area contributed by atoms with Gasteiger partial charge in [-0.2, -0.15) is 13.2 Å². The molecule has 1 unspecified atom stereocenters. The lowest BCUT2D eigenvalue weighted by atomic mass is 9.96. The first kappa shape index (κ1) is 13.0. The van der Waals surface area contributed by atoms with E-state index in [1.807, 2.05) is 0 Å². The van der Waals surface area contributed by atoms with Crippen LogP contribution >= 0.6 is 31.9 Å². The second-order valence-corrected chi connectivity index (χ2v) is 4.96. The van der Waals surface area contributed by atoms with Gasteiger partial charge in [0.25, 0.3) is 0 Å². The number of rotatable bonds is 1. The van der Waals surface area contributed by atoms with Crippen molar-refractivity contribution >= 4 is 31.9 Å². The molecule has 0 saturated heterocycles. The lowest BCUT2D eigenvalue weighted by molar-refractivity contribution is -0.259. The predicted molar refractivity (Wildman–Crippen MR) is 57.5 cm³/mol. The monoisotopic (exact) mass is 346 g/mol. The largest absolute Gasteiger partial charge is 0.421 e. The SMILES string of the molecule is CC(O)(c1ccc(Br)cc1Br)C(F)(F)F. The van der Waals surface area contributed by atoms with Crippen molar-refractivity contribution in [1.29, 1.82) is 0 Å². The lowest BCUT2D eigenvalue weighted by Crippen LogP contribution is -2.39. The van der Waals surface area contributed by atoms with Crippen LogP contribution in [-0.4, -0.2) is 11.3 Å². The summed E-state index contributed by atoms with van der Waals surface area (Å²) in [5.74, 6) is 0. The molecule has 1 nitrogen and oxygen atoms in total. The Morgan fingerprint density at radius 3 is 2.13 bits per heavy atom. The molecule has 1 atom stereocenters. The molecule has 1 aromatic rings. The van der Waals surface area contributed by atoms with Crippen molar-refractivity contribution in [2.45, 2.75) is 18.7 Å². The average molecular weight is 348 g/mol. The maximum atomic E-state index is 12.5. The summed E-state index contributed by atoms with van der Waals surface area (Å²) in [4.78, 5) is 0. The van der Waals surface area contributed by atoms with Gasteiger partial charge in [0.05, 0.1) is 0 Å². The molecule has 1 rings (SSSR count). The summed E-state index contributed by atoms with van der Waals surface area (Å²) in [7, 11) is 0. The van der Waals surface area contributed by atoms with Crippen LogP contribution in [0.2, 0.25) is 0 Å². The fraction of sp³-hybridized carbons (Fsp3) is 0.333. The van der Waals surface area contributed by atoms with Gasteiger partial charge in [-0.05, 0) is 19.1 Å². The molecule has 0 amide bonds. The zero-order chi connectivity index (χ0) is 11.9. The quantitative estimate of drug-likeness (QED) is 0.814. The number of hydrogen-bond donors (Lipinski definition) is 1. The molecule has 1 aromatic carbocycles. The molecule has 0 bridgehead atoms. The van der Waals surface area contributed by atoms with Crippen molar-refractivity contribution in [2.75, 3.05) is 0 Å². The van der Waals surface area contributed by atoms with E-state index in [9.17, 15) is 18.3 Å². The summed E-state index contributed by atoms with van der Waals surface area (Å²) in [6, 6.07) is 4.12. The van der Waals surface area contributed by atoms with Crippen LogP contribution < -0.4 is 0 Å². The van der Waals surface area contributed by atoms with E-state index in [2.05, 4.69) is 31.9 Å². The maximum absolute atomic E-state index is 12.5. The lowest BCUT2D eigenvalue weighted by Gasteiger charge is -2.27. The van der Waals surface area contributed by atoms with Gasteiger partial charge in [-0.1, -0.05) is 37.9 Å². The van der Waals surface area contributed by atoms with E-state index in [0.717, 1.165) is 6.92 Å². The Labute approximate surface area is 102 Å². The van der Waals surface area contributed by atoms with E-state index >= 15 is 0 Å². The van der Waals surface area contributed by atoms with Gasteiger partial charge in [-0.25, -0.2) is 0 Å². The Balaban J connectivity index is 3.28. The zero-order valence-corrected chi connectivity index (χ0v) is 10.7. The smallest absolute Gasteiger partial charge is 0.376 e. The number of alkyl halides is 3. The van der Waals surface area contributed by atoms with Gasteiger partial charge < -0.3 is 5.11 Å². The summed E-state index contributed by atoms with van der Waals surface area (Å²) in [6.45, 7) is 0.723. The fourth-order valence-electron chi connectivity index (χ4n) is 1.04. The van der Waals surface area contributed by atoms with Gasteiger partial charge in [0.2, 0.25) is 0 Å². The first-order valence-electron chi connectivity index (χ1n) is 3.91. The standard InChI is InChI=1S/C9H7Br2F3O/c1-8(15,9(12,13)14)6-3-2-5(10)4-7(6)11/h2-4,15H,1H3. The average Bonchev–Trinajstić information content (AvgIpc) is 2.00. The minimum absolute atomic E-state index is 0.208. The highest BCUT2D eigenvalue weighted by molar-refractivity contribution is 9.11. The topological polar surface area (TPSA) is 20.2 Å². The van der Waals surface area contributed by atoms with E-state index in [-0.39, 0.29) is 10.0 Å². The van der Waals surface area contributed by atoms with Crippen LogP contribution in [-0.2, 0) is 5.60 Å². The third-order valence-corrected chi connectivity index (χ3v) is 3.16. The van der Waals surface area contributed by atoms with Crippen molar-refractivity contribution in [3.8, 4) is 0 Å². The maximum Gasteiger partial charge on any atom is 0.421 e. The first-order valence-corrected chi connectivity index (χ1v) is 5.49. The molecule has 0 radical (unpaired) electrons. The number of hydrogen-bond acceptors (Lipinski definition) is 1. The minimum Gasteiger partial charge on any atom is -0.376 e. The van der Waals surface area contributed by atoms with Crippen molar-refractivity contribution in [1.82, 2.24) is 0 Å². The normalized spacial score (nSPS) is 16.2. The summed E-state index contributed by atoms with van der Waals surface area (Å²) >= 11 is 6.11. The molecule has 0 aromatic heterocycles. The second-order valence-electron chi connectivity index (χ2n) is 3.19.